The van der Waals surface area contributed by atoms with Crippen LogP contribution in [0.5, 0.6) is 0 Å². The van der Waals surface area contributed by atoms with Crippen LogP contribution in [0.2, 0.25) is 0 Å². The highest BCUT2D eigenvalue weighted by molar-refractivity contribution is 5.93. The largest absolute Gasteiger partial charge is 0.481 e. The number of hydrogen-bond acceptors (Lipinski definition) is 3. The Kier molecular flexibility index (Phi) is 3.72. The third-order valence-corrected chi connectivity index (χ3v) is 2.84. The van der Waals surface area contributed by atoms with Crippen LogP contribution in [-0.2, 0) is 22.4 Å². The van der Waals surface area contributed by atoms with Crippen molar-refractivity contribution in [3.63, 3.8) is 0 Å². The summed E-state index contributed by atoms with van der Waals surface area (Å²) in [6.45, 7) is 0. The van der Waals surface area contributed by atoms with Gasteiger partial charge < -0.3 is 5.11 Å². The highest BCUT2D eigenvalue weighted by atomic mass is 16.4. The maximum absolute atomic E-state index is 11.0. The smallest absolute Gasteiger partial charge is 0.312 e. The lowest BCUT2D eigenvalue weighted by atomic mass is 10.1. The molecule has 5 nitrogen and oxygen atoms in total. The number of carboxylic acid groups (broad SMARTS) is 1. The fourth-order valence-corrected chi connectivity index (χ4v) is 2.03. The van der Waals surface area contributed by atoms with Crippen molar-refractivity contribution in [2.24, 2.45) is 5.10 Å². The molecule has 1 aromatic rings. The molecule has 0 radical (unpaired) electrons. The summed E-state index contributed by atoms with van der Waals surface area (Å²) in [5.74, 6) is -1.79. The van der Waals surface area contributed by atoms with Crippen molar-refractivity contribution in [2.75, 3.05) is 0 Å². The zero-order valence-corrected chi connectivity index (χ0v) is 9.85. The van der Waals surface area contributed by atoms with Crippen molar-refractivity contribution in [1.82, 2.24) is 5.43 Å². The van der Waals surface area contributed by atoms with Crippen LogP contribution in [0.4, 0.5) is 0 Å². The number of benzene rings is 1. The monoisotopic (exact) mass is 246 g/mol. The molecular formula is C13H14N2O3. The molecule has 1 aliphatic rings. The van der Waals surface area contributed by atoms with Gasteiger partial charge in [0.05, 0.1) is 6.21 Å². The number of amides is 1. The van der Waals surface area contributed by atoms with E-state index < -0.39 is 18.3 Å². The Balaban J connectivity index is 1.93. The van der Waals surface area contributed by atoms with Crippen LogP contribution in [0, 0.1) is 0 Å². The molecule has 0 atom stereocenters. The Morgan fingerprint density at radius 1 is 1.33 bits per heavy atom. The van der Waals surface area contributed by atoms with Crippen molar-refractivity contribution < 1.29 is 14.7 Å². The van der Waals surface area contributed by atoms with Gasteiger partial charge in [-0.05, 0) is 42.0 Å². The summed E-state index contributed by atoms with van der Waals surface area (Å²) in [6, 6.07) is 6.06. The van der Waals surface area contributed by atoms with Crippen LogP contribution in [0.15, 0.2) is 23.3 Å². The summed E-state index contributed by atoms with van der Waals surface area (Å²) >= 11 is 0. The van der Waals surface area contributed by atoms with Crippen LogP contribution in [0.3, 0.4) is 0 Å². The van der Waals surface area contributed by atoms with Crippen LogP contribution in [0.1, 0.15) is 29.5 Å². The maximum Gasteiger partial charge on any atom is 0.312 e. The third kappa shape index (κ3) is 3.16. The quantitative estimate of drug-likeness (QED) is 0.474. The van der Waals surface area contributed by atoms with Gasteiger partial charge in [0.2, 0.25) is 0 Å². The number of nitrogens with zero attached hydrogens (tertiary/aromatic N) is 1. The summed E-state index contributed by atoms with van der Waals surface area (Å²) in [4.78, 5) is 21.3. The molecule has 0 bridgehead atoms. The number of nitrogens with one attached hydrogen (secondary N) is 1. The lowest BCUT2D eigenvalue weighted by Crippen LogP contribution is -2.20. The van der Waals surface area contributed by atoms with E-state index in [2.05, 4.69) is 22.7 Å². The van der Waals surface area contributed by atoms with E-state index in [4.69, 9.17) is 5.11 Å². The molecule has 0 unspecified atom stereocenters. The molecule has 5 heteroatoms. The van der Waals surface area contributed by atoms with Gasteiger partial charge in [0.15, 0.2) is 0 Å². The van der Waals surface area contributed by atoms with E-state index in [1.807, 2.05) is 6.07 Å². The first-order valence-corrected chi connectivity index (χ1v) is 5.80. The predicted molar refractivity (Wildman–Crippen MR) is 66.5 cm³/mol. The highest BCUT2D eigenvalue weighted by Gasteiger charge is 2.10. The zero-order chi connectivity index (χ0) is 13.0. The third-order valence-electron chi connectivity index (χ3n) is 2.84. The first-order chi connectivity index (χ1) is 8.65. The number of carbonyl (C=O) groups excluding carboxylic acids is 1. The lowest BCUT2D eigenvalue weighted by molar-refractivity contribution is -0.140. The Morgan fingerprint density at radius 2 is 2.11 bits per heavy atom. The van der Waals surface area contributed by atoms with E-state index in [1.54, 1.807) is 0 Å². The van der Waals surface area contributed by atoms with E-state index in [1.165, 1.54) is 23.8 Å². The van der Waals surface area contributed by atoms with Gasteiger partial charge in [-0.2, -0.15) is 5.10 Å². The van der Waals surface area contributed by atoms with Crippen LogP contribution in [0.25, 0.3) is 0 Å². The van der Waals surface area contributed by atoms with E-state index >= 15 is 0 Å². The van der Waals surface area contributed by atoms with Gasteiger partial charge in [0, 0.05) is 0 Å². The van der Waals surface area contributed by atoms with Crippen molar-refractivity contribution in [3.05, 3.63) is 34.9 Å². The molecule has 0 saturated carbocycles. The zero-order valence-electron chi connectivity index (χ0n) is 9.85. The van der Waals surface area contributed by atoms with Crippen molar-refractivity contribution in [2.45, 2.75) is 25.7 Å². The normalized spacial score (nSPS) is 13.6. The Morgan fingerprint density at radius 3 is 2.89 bits per heavy atom. The number of hydrazone groups is 1. The van der Waals surface area contributed by atoms with Gasteiger partial charge in [0.25, 0.3) is 5.91 Å². The summed E-state index contributed by atoms with van der Waals surface area (Å²) in [6.07, 6.45) is 4.36. The topological polar surface area (TPSA) is 78.8 Å². The van der Waals surface area contributed by atoms with Crippen LogP contribution in [-0.4, -0.2) is 23.2 Å². The van der Waals surface area contributed by atoms with E-state index in [-0.39, 0.29) is 0 Å². The predicted octanol–water partition coefficient (Wildman–Crippen LogP) is 1.10. The maximum atomic E-state index is 11.0. The van der Waals surface area contributed by atoms with E-state index in [9.17, 15) is 9.59 Å². The minimum atomic E-state index is -1.17. The van der Waals surface area contributed by atoms with Gasteiger partial charge in [0.1, 0.15) is 6.42 Å². The SMILES string of the molecule is O=C(O)CC(=O)NN=Cc1ccc2c(c1)CCC2. The minimum absolute atomic E-state index is 0.568. The molecule has 1 amide bonds. The first kappa shape index (κ1) is 12.3. The second-order valence-electron chi connectivity index (χ2n) is 4.25. The molecule has 18 heavy (non-hydrogen) atoms. The standard InChI is InChI=1S/C13H14N2O3/c16-12(7-13(17)18)15-14-8-9-4-5-10-2-1-3-11(10)6-9/h4-6,8H,1-3,7H2,(H,15,16)(H,17,18). The number of carbonyl (C=O) groups is 2. The van der Waals surface area contributed by atoms with Crippen LogP contribution < -0.4 is 5.43 Å². The fraction of sp³-hybridized carbons (Fsp3) is 0.308. The average Bonchev–Trinajstić information content (AvgIpc) is 2.75. The highest BCUT2D eigenvalue weighted by Crippen LogP contribution is 2.22. The number of hydrogen-bond donors (Lipinski definition) is 2. The number of carboxylic acids is 1. The van der Waals surface area contributed by atoms with E-state index in [0.29, 0.717) is 0 Å². The fourth-order valence-electron chi connectivity index (χ4n) is 2.03. The van der Waals surface area contributed by atoms with Gasteiger partial charge in [-0.25, -0.2) is 5.43 Å². The van der Waals surface area contributed by atoms with Crippen LogP contribution >= 0.6 is 0 Å². The second kappa shape index (κ2) is 5.44. The summed E-state index contributed by atoms with van der Waals surface area (Å²) < 4.78 is 0. The number of rotatable bonds is 4. The molecule has 0 saturated heterocycles. The first-order valence-electron chi connectivity index (χ1n) is 5.80. The Bertz CT molecular complexity index is 509. The molecule has 94 valence electrons. The van der Waals surface area contributed by atoms with Gasteiger partial charge in [-0.3, -0.25) is 9.59 Å². The molecule has 1 aromatic carbocycles. The molecular weight excluding hydrogens is 232 g/mol. The number of aryl methyl sites for hydroxylation is 2. The second-order valence-corrected chi connectivity index (χ2v) is 4.25. The summed E-state index contributed by atoms with van der Waals surface area (Å²) in [7, 11) is 0. The number of fused-ring (bicyclic) bond motifs is 1. The summed E-state index contributed by atoms with van der Waals surface area (Å²) in [5.41, 5.74) is 5.79. The van der Waals surface area contributed by atoms with Gasteiger partial charge in [-0.15, -0.1) is 0 Å². The molecule has 0 aliphatic heterocycles. The average molecular weight is 246 g/mol. The van der Waals surface area contributed by atoms with E-state index in [0.717, 1.165) is 18.4 Å². The number of aliphatic carboxylic acids is 1. The molecule has 0 fully saturated rings. The lowest BCUT2D eigenvalue weighted by Gasteiger charge is -2.00. The van der Waals surface area contributed by atoms with Crippen molar-refractivity contribution in [3.8, 4) is 0 Å². The molecule has 0 heterocycles. The van der Waals surface area contributed by atoms with Gasteiger partial charge >= 0.3 is 5.97 Å². The van der Waals surface area contributed by atoms with Crippen molar-refractivity contribution >= 4 is 18.1 Å². The van der Waals surface area contributed by atoms with Crippen molar-refractivity contribution in [1.29, 1.82) is 0 Å². The Hall–Kier alpha value is -2.17. The molecule has 2 rings (SSSR count). The van der Waals surface area contributed by atoms with Gasteiger partial charge in [-0.1, -0.05) is 12.1 Å². The summed E-state index contributed by atoms with van der Waals surface area (Å²) in [5, 5.41) is 12.1. The molecule has 0 spiro atoms. The minimum Gasteiger partial charge on any atom is -0.481 e. The Labute approximate surface area is 105 Å². The molecule has 1 aliphatic carbocycles. The molecule has 2 N–H and O–H groups in total. The molecule has 0 aromatic heterocycles.